The number of amides is 1. The van der Waals surface area contributed by atoms with Crippen molar-refractivity contribution in [3.63, 3.8) is 0 Å². The van der Waals surface area contributed by atoms with Gasteiger partial charge in [0.25, 0.3) is 0 Å². The lowest BCUT2D eigenvalue weighted by Gasteiger charge is -2.25. The highest BCUT2D eigenvalue weighted by Gasteiger charge is 2.21. The number of rotatable bonds is 7. The van der Waals surface area contributed by atoms with Crippen molar-refractivity contribution in [1.82, 2.24) is 15.1 Å². The molecule has 1 amide bonds. The summed E-state index contributed by atoms with van der Waals surface area (Å²) in [5.74, 6) is 1.19. The lowest BCUT2D eigenvalue weighted by atomic mass is 10.0. The number of nitrogens with zero attached hydrogens (tertiary/aromatic N) is 3. The number of thiophene rings is 1. The summed E-state index contributed by atoms with van der Waals surface area (Å²) in [6.07, 6.45) is -0.342. The van der Waals surface area contributed by atoms with E-state index in [-0.39, 0.29) is 12.1 Å². The van der Waals surface area contributed by atoms with Crippen LogP contribution < -0.4 is 10.1 Å². The predicted octanol–water partition coefficient (Wildman–Crippen LogP) is 7.67. The molecule has 0 saturated carbocycles. The normalized spacial score (nSPS) is 12.3. The molecule has 0 fully saturated rings. The van der Waals surface area contributed by atoms with E-state index in [9.17, 15) is 4.79 Å². The molecular weight excluding hydrogens is 552 g/mol. The van der Waals surface area contributed by atoms with E-state index in [1.165, 1.54) is 0 Å². The average Bonchev–Trinajstić information content (AvgIpc) is 3.33. The van der Waals surface area contributed by atoms with Crippen molar-refractivity contribution in [2.75, 3.05) is 19.5 Å². The first kappa shape index (κ1) is 26.9. The van der Waals surface area contributed by atoms with Crippen molar-refractivity contribution < 1.29 is 14.3 Å². The van der Waals surface area contributed by atoms with Crippen molar-refractivity contribution in [2.24, 2.45) is 0 Å². The Hall–Kier alpha value is -3.17. The molecule has 4 aromatic rings. The van der Waals surface area contributed by atoms with Gasteiger partial charge in [-0.05, 0) is 74.0 Å². The van der Waals surface area contributed by atoms with E-state index in [0.717, 1.165) is 36.8 Å². The summed E-state index contributed by atoms with van der Waals surface area (Å²) in [5.41, 5.74) is 2.72. The summed E-state index contributed by atoms with van der Waals surface area (Å²) < 4.78 is 11.9. The predicted molar refractivity (Wildman–Crippen MR) is 153 cm³/mol. The van der Waals surface area contributed by atoms with Crippen LogP contribution >= 0.6 is 27.3 Å². The fraction of sp³-hybridized carbons (Fsp3) is 0.321. The zero-order valence-electron chi connectivity index (χ0n) is 21.8. The molecule has 0 saturated heterocycles. The number of hydrogen-bond acceptors (Lipinski definition) is 7. The van der Waals surface area contributed by atoms with Crippen LogP contribution in [-0.4, -0.2) is 40.9 Å². The van der Waals surface area contributed by atoms with Crippen LogP contribution in [0.3, 0.4) is 0 Å². The number of nitrogens with one attached hydrogen (secondary N) is 1. The number of carbonyl (C=O) groups is 1. The Labute approximate surface area is 229 Å². The van der Waals surface area contributed by atoms with Crippen LogP contribution in [0.1, 0.15) is 44.2 Å². The van der Waals surface area contributed by atoms with E-state index in [0.29, 0.717) is 18.2 Å². The third kappa shape index (κ3) is 6.40. The molecule has 1 atom stereocenters. The van der Waals surface area contributed by atoms with Crippen molar-refractivity contribution in [1.29, 1.82) is 0 Å². The van der Waals surface area contributed by atoms with E-state index in [1.807, 2.05) is 57.2 Å². The standard InChI is InChI=1S/C28H31BrN4O3S/c1-17(30-25-22-12-11-20(29)14-23(22)26(35-6)32-31-25)24-13-19(16-37-24)21-10-8-7-9-18(21)15-33(5)27(34)36-28(2,3)4/h7-14,16-17H,15H2,1-6H3,(H,30,31)/t17-/m1/s1. The van der Waals surface area contributed by atoms with Gasteiger partial charge in [0.2, 0.25) is 5.88 Å². The number of halogens is 1. The second-order valence-corrected chi connectivity index (χ2v) is 11.7. The molecule has 0 unspecified atom stereocenters. The van der Waals surface area contributed by atoms with Crippen LogP contribution in [0.5, 0.6) is 5.88 Å². The highest BCUT2D eigenvalue weighted by molar-refractivity contribution is 9.10. The monoisotopic (exact) mass is 582 g/mol. The van der Waals surface area contributed by atoms with Crippen LogP contribution in [-0.2, 0) is 11.3 Å². The molecule has 194 valence electrons. The smallest absolute Gasteiger partial charge is 0.410 e. The topological polar surface area (TPSA) is 76.6 Å². The van der Waals surface area contributed by atoms with Gasteiger partial charge in [-0.3, -0.25) is 0 Å². The summed E-state index contributed by atoms with van der Waals surface area (Å²) in [7, 11) is 3.35. The largest absolute Gasteiger partial charge is 0.479 e. The van der Waals surface area contributed by atoms with Crippen LogP contribution in [0.2, 0.25) is 0 Å². The van der Waals surface area contributed by atoms with Gasteiger partial charge in [-0.2, -0.15) is 0 Å². The summed E-state index contributed by atoms with van der Waals surface area (Å²) >= 11 is 5.20. The molecule has 0 spiro atoms. The van der Waals surface area contributed by atoms with Crippen molar-refractivity contribution >= 4 is 50.0 Å². The fourth-order valence-electron chi connectivity index (χ4n) is 3.96. The number of benzene rings is 2. The Morgan fingerprint density at radius 3 is 2.62 bits per heavy atom. The van der Waals surface area contributed by atoms with Crippen molar-refractivity contribution in [2.45, 2.75) is 45.9 Å². The number of fused-ring (bicyclic) bond motifs is 1. The van der Waals surface area contributed by atoms with E-state index in [2.05, 4.69) is 55.9 Å². The molecule has 0 aliphatic carbocycles. The molecule has 37 heavy (non-hydrogen) atoms. The first-order chi connectivity index (χ1) is 17.6. The van der Waals surface area contributed by atoms with Gasteiger partial charge in [-0.25, -0.2) is 4.79 Å². The van der Waals surface area contributed by atoms with Crippen LogP contribution in [0.15, 0.2) is 58.4 Å². The van der Waals surface area contributed by atoms with Gasteiger partial charge in [0, 0.05) is 28.3 Å². The molecule has 1 N–H and O–H groups in total. The van der Waals surface area contributed by atoms with E-state index in [4.69, 9.17) is 9.47 Å². The van der Waals surface area contributed by atoms with E-state index in [1.54, 1.807) is 30.4 Å². The maximum absolute atomic E-state index is 12.5. The molecule has 9 heteroatoms. The minimum atomic E-state index is -0.535. The Morgan fingerprint density at radius 1 is 1.14 bits per heavy atom. The quantitative estimate of drug-likeness (QED) is 0.241. The first-order valence-electron chi connectivity index (χ1n) is 11.9. The molecule has 0 radical (unpaired) electrons. The molecule has 0 bridgehead atoms. The second kappa shape index (κ2) is 11.1. The first-order valence-corrected chi connectivity index (χ1v) is 13.6. The third-order valence-electron chi connectivity index (χ3n) is 5.74. The lowest BCUT2D eigenvalue weighted by Crippen LogP contribution is -2.33. The Bertz CT molecular complexity index is 1420. The zero-order chi connectivity index (χ0) is 26.7. The molecule has 0 aliphatic heterocycles. The minimum Gasteiger partial charge on any atom is -0.479 e. The van der Waals surface area contributed by atoms with Gasteiger partial charge in [-0.1, -0.05) is 40.2 Å². The van der Waals surface area contributed by atoms with Crippen LogP contribution in [0.4, 0.5) is 10.6 Å². The molecule has 7 nitrogen and oxygen atoms in total. The van der Waals surface area contributed by atoms with Crippen LogP contribution in [0, 0.1) is 0 Å². The summed E-state index contributed by atoms with van der Waals surface area (Å²) in [4.78, 5) is 15.3. The van der Waals surface area contributed by atoms with Gasteiger partial charge in [0.05, 0.1) is 18.5 Å². The number of ether oxygens (including phenoxy) is 2. The minimum absolute atomic E-state index is 0.00453. The number of aromatic nitrogens is 2. The Morgan fingerprint density at radius 2 is 1.89 bits per heavy atom. The van der Waals surface area contributed by atoms with E-state index >= 15 is 0 Å². The van der Waals surface area contributed by atoms with Gasteiger partial charge >= 0.3 is 6.09 Å². The number of hydrogen-bond donors (Lipinski definition) is 1. The maximum Gasteiger partial charge on any atom is 0.410 e. The highest BCUT2D eigenvalue weighted by atomic mass is 79.9. The molecule has 0 aliphatic rings. The molecule has 2 heterocycles. The third-order valence-corrected chi connectivity index (χ3v) is 7.35. The zero-order valence-corrected chi connectivity index (χ0v) is 24.2. The highest BCUT2D eigenvalue weighted by Crippen LogP contribution is 2.35. The molecular formula is C28H31BrN4O3S. The van der Waals surface area contributed by atoms with Crippen molar-refractivity contribution in [3.8, 4) is 17.0 Å². The second-order valence-electron chi connectivity index (χ2n) is 9.85. The SMILES string of the molecule is COc1nnc(N[C@H](C)c2cc(-c3ccccc3CN(C)C(=O)OC(C)(C)C)cs2)c2ccc(Br)cc12. The lowest BCUT2D eigenvalue weighted by molar-refractivity contribution is 0.0285. The number of anilines is 1. The summed E-state index contributed by atoms with van der Waals surface area (Å²) in [5, 5.41) is 16.1. The molecule has 2 aromatic heterocycles. The Balaban J connectivity index is 1.55. The van der Waals surface area contributed by atoms with Gasteiger partial charge in [0.15, 0.2) is 5.82 Å². The van der Waals surface area contributed by atoms with Gasteiger partial charge in [0.1, 0.15) is 5.60 Å². The summed E-state index contributed by atoms with van der Waals surface area (Å²) in [6, 6.07) is 16.3. The summed E-state index contributed by atoms with van der Waals surface area (Å²) in [6.45, 7) is 8.16. The van der Waals surface area contributed by atoms with Gasteiger partial charge < -0.3 is 19.7 Å². The molecule has 2 aromatic carbocycles. The molecule has 4 rings (SSSR count). The van der Waals surface area contributed by atoms with Crippen LogP contribution in [0.25, 0.3) is 21.9 Å². The number of methoxy groups -OCH3 is 1. The van der Waals surface area contributed by atoms with Crippen molar-refractivity contribution in [3.05, 3.63) is 68.8 Å². The Kier molecular flexibility index (Phi) is 8.04. The van der Waals surface area contributed by atoms with Gasteiger partial charge in [-0.15, -0.1) is 21.5 Å². The number of carbonyl (C=O) groups excluding carboxylic acids is 1. The fourth-order valence-corrected chi connectivity index (χ4v) is 5.23. The maximum atomic E-state index is 12.5. The average molecular weight is 584 g/mol. The van der Waals surface area contributed by atoms with E-state index < -0.39 is 5.60 Å².